The Kier molecular flexibility index (Phi) is 13.3. The smallest absolute Gasteiger partial charge is 0.470 e. The maximum Gasteiger partial charge on any atom is 0.470 e. The lowest BCUT2D eigenvalue weighted by Gasteiger charge is -2.62. The third-order valence-corrected chi connectivity index (χ3v) is 15.6. The third kappa shape index (κ3) is 8.78. The minimum absolute atomic E-state index is 0.0325. The topological polar surface area (TPSA) is 264 Å². The predicted octanol–water partition coefficient (Wildman–Crippen LogP) is 3.95. The Balaban J connectivity index is 1.09. The summed E-state index contributed by atoms with van der Waals surface area (Å²) in [7, 11) is -5.12. The number of Topliss-reactive ketones (excluding diaryl/α,β-unsaturated/α-hetero) is 1. The van der Waals surface area contributed by atoms with E-state index in [0.29, 0.717) is 29.0 Å². The molecule has 0 unspecified atom stereocenters. The molecule has 7 rings (SSSR count). The van der Waals surface area contributed by atoms with Crippen LogP contribution in [0.2, 0.25) is 0 Å². The lowest BCUT2D eigenvalue weighted by atomic mass is 9.44. The Bertz CT molecular complexity index is 2320. The molecular weight excluding hydrogens is 932 g/mol. The van der Waals surface area contributed by atoms with Gasteiger partial charge in [-0.1, -0.05) is 46.6 Å². The highest BCUT2D eigenvalue weighted by atomic mass is 79.9. The molecule has 1 aliphatic heterocycles. The summed E-state index contributed by atoms with van der Waals surface area (Å²) in [6.07, 6.45) is 0.815. The molecule has 7 N–H and O–H groups in total. The molecule has 2 heterocycles. The number of hydrogen-bond acceptors (Lipinski definition) is 12. The first kappa shape index (κ1) is 47.0. The number of halogens is 2. The molecule has 0 bridgehead atoms. The second-order valence-corrected chi connectivity index (χ2v) is 20.1. The van der Waals surface area contributed by atoms with E-state index in [1.54, 1.807) is 38.1 Å². The lowest BCUT2D eigenvalue weighted by Crippen LogP contribution is -2.69. The monoisotopic (exact) mass is 979 g/mol. The van der Waals surface area contributed by atoms with Crippen LogP contribution in [0, 0.1) is 22.7 Å². The highest BCUT2D eigenvalue weighted by Crippen LogP contribution is 2.72. The van der Waals surface area contributed by atoms with E-state index in [9.17, 15) is 53.3 Å². The lowest BCUT2D eigenvalue weighted by molar-refractivity contribution is -0.231. The van der Waals surface area contributed by atoms with Crippen LogP contribution >= 0.6 is 35.1 Å². The molecule has 63 heavy (non-hydrogen) atoms. The number of phosphoric ester groups is 1. The molecule has 10 atom stereocenters. The average molecular weight is 981 g/mol. The van der Waals surface area contributed by atoms with E-state index in [4.69, 9.17) is 14.0 Å². The summed E-state index contributed by atoms with van der Waals surface area (Å²) in [4.78, 5) is 95.7. The molecule has 4 fully saturated rings. The SMILES string of the molecule is C[C@]12C=CC(=O)C=C1CC[C@H]1[C@@H]3C[C@H]4O[C@@H](c5ccc(Cc6cccc(NC(=O)[C@H](CCC(=O)O)NC(=O)CNC(=O)CBr)c6)s5)O[C@@]4(C(=O)COP(=O)(O)O)[C@@]3(C)C[C@H](O)[C@@]12F. The summed E-state index contributed by atoms with van der Waals surface area (Å²) >= 11 is 4.28. The number of aliphatic carboxylic acids is 1. The van der Waals surface area contributed by atoms with Crippen molar-refractivity contribution in [3.8, 4) is 0 Å². The number of carboxylic acids is 1. The van der Waals surface area contributed by atoms with Crippen LogP contribution in [0.5, 0.6) is 0 Å². The normalized spacial score (nSPS) is 32.3. The second kappa shape index (κ2) is 17.8. The van der Waals surface area contributed by atoms with Gasteiger partial charge in [0.25, 0.3) is 0 Å². The number of aliphatic hydroxyl groups is 1. The number of carboxylic acid groups (broad SMARTS) is 1. The van der Waals surface area contributed by atoms with E-state index in [-0.39, 0.29) is 36.8 Å². The maximum absolute atomic E-state index is 17.9. The Morgan fingerprint density at radius 2 is 1.87 bits per heavy atom. The van der Waals surface area contributed by atoms with Crippen molar-refractivity contribution >= 4 is 76.0 Å². The quantitative estimate of drug-likeness (QED) is 0.0929. The van der Waals surface area contributed by atoms with Gasteiger partial charge < -0.3 is 45.4 Å². The van der Waals surface area contributed by atoms with E-state index in [2.05, 4.69) is 31.9 Å². The molecule has 340 valence electrons. The van der Waals surface area contributed by atoms with E-state index >= 15 is 4.39 Å². The van der Waals surface area contributed by atoms with Gasteiger partial charge in [0.1, 0.15) is 12.6 Å². The van der Waals surface area contributed by atoms with Gasteiger partial charge >= 0.3 is 13.8 Å². The van der Waals surface area contributed by atoms with Crippen molar-refractivity contribution in [1.82, 2.24) is 10.6 Å². The summed E-state index contributed by atoms with van der Waals surface area (Å²) in [5, 5.41) is 28.6. The van der Waals surface area contributed by atoms with Gasteiger partial charge in [0, 0.05) is 40.2 Å². The number of benzene rings is 1. The van der Waals surface area contributed by atoms with Crippen LogP contribution in [0.25, 0.3) is 0 Å². The first-order valence-corrected chi connectivity index (χ1v) is 23.8. The highest BCUT2D eigenvalue weighted by Gasteiger charge is 2.79. The highest BCUT2D eigenvalue weighted by molar-refractivity contribution is 9.09. The number of amides is 3. The van der Waals surface area contributed by atoms with E-state index < -0.39 is 115 Å². The molecule has 3 saturated carbocycles. The van der Waals surface area contributed by atoms with Gasteiger partial charge in [-0.15, -0.1) is 11.3 Å². The largest absolute Gasteiger partial charge is 0.481 e. The second-order valence-electron chi connectivity index (χ2n) is 17.1. The summed E-state index contributed by atoms with van der Waals surface area (Å²) in [6.45, 7) is 1.97. The van der Waals surface area contributed by atoms with Gasteiger partial charge in [0.15, 0.2) is 29.1 Å². The van der Waals surface area contributed by atoms with E-state index in [1.807, 2.05) is 12.1 Å². The first-order valence-electron chi connectivity index (χ1n) is 20.3. The van der Waals surface area contributed by atoms with Gasteiger partial charge in [-0.25, -0.2) is 8.96 Å². The number of carbonyl (C=O) groups is 6. The number of anilines is 1. The van der Waals surface area contributed by atoms with Crippen molar-refractivity contribution in [3.63, 3.8) is 0 Å². The number of ketones is 2. The minimum atomic E-state index is -5.12. The number of thiophene rings is 1. The Labute approximate surface area is 373 Å². The molecule has 5 aliphatic rings. The van der Waals surface area contributed by atoms with Gasteiger partial charge in [0.05, 0.1) is 29.0 Å². The standard InChI is InChI=1S/C42H48BrFN3O14PS/c1-39-13-12-25(48)16-23(39)6-8-27-28-17-33-42(32(50)21-59-62(56,57)58,40(28,2)18-31(49)41(27,39)44)61-38(60-33)30-10-7-26(63-30)15-22-4-3-5-24(14-22)46-37(55)29(9-11-36(53)54)47-35(52)20-45-34(51)19-43/h3-5,7,10,12-14,16,27-29,31,33,38,49H,6,8-9,11,15,17-21H2,1-2H3,(H,45,51)(H,46,55)(H,47,52)(H,53,54)(H2,56,57,58)/t27-,28-,29-,31-,33+,38+,39-,40-,41-,42+/m0/s1. The number of nitrogens with one attached hydrogen (secondary N) is 3. The molecular formula is C42H48BrFN3O14PS. The zero-order valence-corrected chi connectivity index (χ0v) is 37.5. The van der Waals surface area contributed by atoms with Crippen molar-refractivity contribution in [1.29, 1.82) is 0 Å². The third-order valence-electron chi connectivity index (χ3n) is 13.5. The number of aliphatic hydroxyl groups excluding tert-OH is 1. The number of hydrogen-bond donors (Lipinski definition) is 7. The number of fused-ring (bicyclic) bond motifs is 7. The molecule has 1 aromatic heterocycles. The number of carbonyl (C=O) groups excluding carboxylic acids is 5. The van der Waals surface area contributed by atoms with E-state index in [0.717, 1.165) is 10.4 Å². The molecule has 4 aliphatic carbocycles. The van der Waals surface area contributed by atoms with Crippen LogP contribution in [0.1, 0.15) is 74.0 Å². The molecule has 0 spiro atoms. The fourth-order valence-electron chi connectivity index (χ4n) is 10.6. The Hall–Kier alpha value is -3.98. The van der Waals surface area contributed by atoms with Crippen LogP contribution in [0.15, 0.2) is 60.2 Å². The number of allylic oxidation sites excluding steroid dienone is 4. The molecule has 1 saturated heterocycles. The maximum atomic E-state index is 17.9. The molecule has 21 heteroatoms. The number of rotatable bonds is 16. The van der Waals surface area contributed by atoms with Crippen LogP contribution in [-0.2, 0) is 53.8 Å². The summed E-state index contributed by atoms with van der Waals surface area (Å²) < 4.78 is 47.6. The summed E-state index contributed by atoms with van der Waals surface area (Å²) in [5.74, 6) is -5.41. The van der Waals surface area contributed by atoms with Gasteiger partial charge in [-0.3, -0.25) is 33.3 Å². The molecule has 3 amide bonds. The van der Waals surface area contributed by atoms with Crippen LogP contribution in [-0.4, -0.2) is 103 Å². The van der Waals surface area contributed by atoms with Crippen LogP contribution in [0.4, 0.5) is 10.1 Å². The van der Waals surface area contributed by atoms with Crippen molar-refractivity contribution in [3.05, 3.63) is 75.5 Å². The first-order chi connectivity index (χ1) is 29.6. The Morgan fingerprint density at radius 1 is 1.11 bits per heavy atom. The van der Waals surface area contributed by atoms with Gasteiger partial charge in [-0.05, 0) is 86.9 Å². The number of alkyl halides is 2. The van der Waals surface area contributed by atoms with Crippen molar-refractivity contribution in [2.24, 2.45) is 22.7 Å². The van der Waals surface area contributed by atoms with Crippen LogP contribution in [0.3, 0.4) is 0 Å². The molecule has 2 aromatic rings. The molecule has 17 nitrogen and oxygen atoms in total. The molecule has 1 aromatic carbocycles. The summed E-state index contributed by atoms with van der Waals surface area (Å²) in [6, 6.07) is 9.22. The zero-order valence-electron chi connectivity index (χ0n) is 34.2. The number of phosphoric acid groups is 1. The van der Waals surface area contributed by atoms with Crippen molar-refractivity contribution < 1.29 is 71.7 Å². The van der Waals surface area contributed by atoms with E-state index in [1.165, 1.54) is 29.6 Å². The fourth-order valence-corrected chi connectivity index (χ4v) is 12.1. The van der Waals surface area contributed by atoms with Gasteiger partial charge in [0.2, 0.25) is 17.7 Å². The fraction of sp³-hybridized carbons (Fsp3) is 0.524. The minimum Gasteiger partial charge on any atom is -0.481 e. The zero-order chi connectivity index (χ0) is 45.7. The number of ether oxygens (including phenoxy) is 2. The van der Waals surface area contributed by atoms with Crippen LogP contribution < -0.4 is 16.0 Å². The Morgan fingerprint density at radius 3 is 2.59 bits per heavy atom. The summed E-state index contributed by atoms with van der Waals surface area (Å²) in [5.41, 5.74) is -4.96. The van der Waals surface area contributed by atoms with Crippen molar-refractivity contribution in [2.75, 3.05) is 23.8 Å². The predicted molar refractivity (Wildman–Crippen MR) is 226 cm³/mol. The average Bonchev–Trinajstić information content (AvgIpc) is 3.91. The van der Waals surface area contributed by atoms with Crippen molar-refractivity contribution in [2.45, 2.75) is 94.6 Å². The van der Waals surface area contributed by atoms with Gasteiger partial charge in [-0.2, -0.15) is 0 Å². The molecule has 0 radical (unpaired) electrons.